The van der Waals surface area contributed by atoms with Crippen molar-refractivity contribution >= 4 is 17.3 Å². The van der Waals surface area contributed by atoms with Gasteiger partial charge in [-0.25, -0.2) is 8.78 Å². The summed E-state index contributed by atoms with van der Waals surface area (Å²) < 4.78 is 27.2. The van der Waals surface area contributed by atoms with E-state index < -0.39 is 23.2 Å². The van der Waals surface area contributed by atoms with E-state index in [0.29, 0.717) is 6.54 Å². The molecule has 1 amide bonds. The molecule has 0 aromatic heterocycles. The number of nitrogens with zero attached hydrogens (tertiary/aromatic N) is 1. The highest BCUT2D eigenvalue weighted by Gasteiger charge is 2.17. The molecule has 2 aromatic carbocycles. The first-order valence-corrected chi connectivity index (χ1v) is 8.24. The summed E-state index contributed by atoms with van der Waals surface area (Å²) in [6, 6.07) is 11.6. The van der Waals surface area contributed by atoms with Crippen LogP contribution < -0.4 is 15.1 Å². The maximum atomic E-state index is 13.6. The lowest BCUT2D eigenvalue weighted by Crippen LogP contribution is -3.11. The number of hydrogen-bond donors (Lipinski definition) is 2. The fourth-order valence-corrected chi connectivity index (χ4v) is 2.54. The Morgan fingerprint density at radius 3 is 2.20 bits per heavy atom. The van der Waals surface area contributed by atoms with Gasteiger partial charge in [-0.3, -0.25) is 4.79 Å². The second-order valence-corrected chi connectivity index (χ2v) is 6.16. The van der Waals surface area contributed by atoms with Crippen LogP contribution in [-0.2, 0) is 11.3 Å². The summed E-state index contributed by atoms with van der Waals surface area (Å²) in [7, 11) is 3.95. The molecular weight excluding hydrogens is 324 g/mol. The molecule has 2 N–H and O–H groups in total. The van der Waals surface area contributed by atoms with Crippen LogP contribution in [0.4, 0.5) is 20.2 Å². The Morgan fingerprint density at radius 1 is 1.08 bits per heavy atom. The van der Waals surface area contributed by atoms with Gasteiger partial charge in [0.2, 0.25) is 0 Å². The van der Waals surface area contributed by atoms with Crippen LogP contribution in [0.3, 0.4) is 0 Å². The van der Waals surface area contributed by atoms with Crippen LogP contribution in [0.25, 0.3) is 0 Å². The summed E-state index contributed by atoms with van der Waals surface area (Å²) in [5, 5.41) is 2.34. The minimum absolute atomic E-state index is 0.139. The van der Waals surface area contributed by atoms with E-state index in [2.05, 4.69) is 5.32 Å². The fourth-order valence-electron chi connectivity index (χ4n) is 2.54. The average Bonchev–Trinajstić information content (AvgIpc) is 2.58. The van der Waals surface area contributed by atoms with Gasteiger partial charge in [0.15, 0.2) is 6.54 Å². The summed E-state index contributed by atoms with van der Waals surface area (Å²) in [5.74, 6) is -1.96. The molecule has 0 aliphatic carbocycles. The average molecular weight is 348 g/mol. The van der Waals surface area contributed by atoms with E-state index in [1.54, 1.807) is 0 Å². The van der Waals surface area contributed by atoms with Crippen LogP contribution in [0.2, 0.25) is 0 Å². The number of amides is 1. The minimum atomic E-state index is -0.773. The molecular formula is C19H24F2N3O+. The largest absolute Gasteiger partial charge is 0.378 e. The zero-order valence-corrected chi connectivity index (χ0v) is 14.8. The van der Waals surface area contributed by atoms with Crippen LogP contribution in [0, 0.1) is 11.6 Å². The summed E-state index contributed by atoms with van der Waals surface area (Å²) in [6.07, 6.45) is 0. The van der Waals surface area contributed by atoms with Gasteiger partial charge >= 0.3 is 0 Å². The lowest BCUT2D eigenvalue weighted by Gasteiger charge is -2.18. The van der Waals surface area contributed by atoms with Gasteiger partial charge in [-0.1, -0.05) is 18.2 Å². The molecule has 0 aliphatic rings. The van der Waals surface area contributed by atoms with Gasteiger partial charge in [0.25, 0.3) is 5.91 Å². The Labute approximate surface area is 147 Å². The van der Waals surface area contributed by atoms with Crippen molar-refractivity contribution in [2.75, 3.05) is 37.4 Å². The van der Waals surface area contributed by atoms with Gasteiger partial charge in [-0.2, -0.15) is 0 Å². The highest BCUT2D eigenvalue weighted by molar-refractivity contribution is 5.91. The third-order valence-corrected chi connectivity index (χ3v) is 4.04. The van der Waals surface area contributed by atoms with Crippen molar-refractivity contribution in [1.82, 2.24) is 0 Å². The van der Waals surface area contributed by atoms with Crippen molar-refractivity contribution in [3.8, 4) is 0 Å². The van der Waals surface area contributed by atoms with Gasteiger partial charge in [-0.05, 0) is 31.2 Å². The highest BCUT2D eigenvalue weighted by Crippen LogP contribution is 2.17. The van der Waals surface area contributed by atoms with Crippen molar-refractivity contribution in [3.63, 3.8) is 0 Å². The number of anilines is 2. The van der Waals surface area contributed by atoms with Crippen molar-refractivity contribution in [3.05, 3.63) is 59.7 Å². The molecule has 4 nitrogen and oxygen atoms in total. The predicted octanol–water partition coefficient (Wildman–Crippen LogP) is 2.07. The molecule has 0 spiro atoms. The Balaban J connectivity index is 1.98. The summed E-state index contributed by atoms with van der Waals surface area (Å²) in [4.78, 5) is 15.2. The smallest absolute Gasteiger partial charge is 0.279 e. The van der Waals surface area contributed by atoms with Gasteiger partial charge in [0.1, 0.15) is 23.9 Å². The fraction of sp³-hybridized carbons (Fsp3) is 0.316. The molecule has 0 fully saturated rings. The second kappa shape index (κ2) is 8.58. The van der Waals surface area contributed by atoms with E-state index in [-0.39, 0.29) is 6.54 Å². The quantitative estimate of drug-likeness (QED) is 0.804. The molecule has 1 atom stereocenters. The Morgan fingerprint density at radius 2 is 1.68 bits per heavy atom. The normalized spacial score (nSPS) is 11.9. The number of benzene rings is 2. The van der Waals surface area contributed by atoms with Crippen molar-refractivity contribution in [1.29, 1.82) is 0 Å². The van der Waals surface area contributed by atoms with Crippen molar-refractivity contribution < 1.29 is 18.5 Å². The van der Waals surface area contributed by atoms with Crippen LogP contribution in [0.5, 0.6) is 0 Å². The number of likely N-dealkylation sites (N-methyl/N-ethyl adjacent to an activating group) is 1. The van der Waals surface area contributed by atoms with E-state index in [4.69, 9.17) is 0 Å². The van der Waals surface area contributed by atoms with E-state index in [0.717, 1.165) is 34.8 Å². The zero-order valence-electron chi connectivity index (χ0n) is 14.8. The molecule has 0 radical (unpaired) electrons. The molecule has 134 valence electrons. The van der Waals surface area contributed by atoms with E-state index >= 15 is 0 Å². The molecule has 0 saturated heterocycles. The molecule has 25 heavy (non-hydrogen) atoms. The third kappa shape index (κ3) is 5.26. The Kier molecular flexibility index (Phi) is 6.47. The lowest BCUT2D eigenvalue weighted by molar-refractivity contribution is -0.903. The number of carbonyl (C=O) groups is 1. The molecule has 0 aliphatic heterocycles. The first-order chi connectivity index (χ1) is 11.9. The first kappa shape index (κ1) is 18.9. The van der Waals surface area contributed by atoms with Crippen molar-refractivity contribution in [2.24, 2.45) is 0 Å². The number of halogens is 2. The Hall–Kier alpha value is -2.47. The number of hydrogen-bond acceptors (Lipinski definition) is 2. The second-order valence-electron chi connectivity index (χ2n) is 6.16. The molecule has 2 rings (SSSR count). The van der Waals surface area contributed by atoms with Crippen molar-refractivity contribution in [2.45, 2.75) is 13.5 Å². The number of nitrogens with one attached hydrogen (secondary N) is 2. The summed E-state index contributed by atoms with van der Waals surface area (Å²) in [5.41, 5.74) is 1.82. The van der Waals surface area contributed by atoms with Gasteiger partial charge in [-0.15, -0.1) is 0 Å². The van der Waals surface area contributed by atoms with Crippen LogP contribution in [-0.4, -0.2) is 33.1 Å². The monoisotopic (exact) mass is 348 g/mol. The number of para-hydroxylation sites is 1. The standard InChI is InChI=1S/C19H23F2N3O/c1-4-24(12-14-8-10-15(11-9-14)23(2)3)13-18(25)22-19-16(20)6-5-7-17(19)21/h5-11H,4,12-13H2,1-3H3,(H,22,25)/p+1. The van der Waals surface area contributed by atoms with E-state index in [1.807, 2.05) is 50.2 Å². The number of rotatable bonds is 7. The van der Waals surface area contributed by atoms with Gasteiger partial charge in [0.05, 0.1) is 6.54 Å². The first-order valence-electron chi connectivity index (χ1n) is 8.24. The van der Waals surface area contributed by atoms with E-state index in [1.165, 1.54) is 6.07 Å². The van der Waals surface area contributed by atoms with Crippen LogP contribution in [0.15, 0.2) is 42.5 Å². The number of quaternary nitrogens is 1. The zero-order chi connectivity index (χ0) is 18.4. The predicted molar refractivity (Wildman–Crippen MR) is 95.8 cm³/mol. The van der Waals surface area contributed by atoms with Crippen LogP contribution in [0.1, 0.15) is 12.5 Å². The molecule has 1 unspecified atom stereocenters. The third-order valence-electron chi connectivity index (χ3n) is 4.04. The molecule has 2 aromatic rings. The SMILES string of the molecule is CC[NH+](CC(=O)Nc1c(F)cccc1F)Cc1ccc(N(C)C)cc1. The van der Waals surface area contributed by atoms with Gasteiger partial charge in [0, 0.05) is 25.3 Å². The topological polar surface area (TPSA) is 36.8 Å². The lowest BCUT2D eigenvalue weighted by atomic mass is 10.2. The minimum Gasteiger partial charge on any atom is -0.378 e. The Bertz CT molecular complexity index is 697. The highest BCUT2D eigenvalue weighted by atomic mass is 19.1. The molecule has 6 heteroatoms. The maximum absolute atomic E-state index is 13.6. The van der Waals surface area contributed by atoms with Gasteiger partial charge < -0.3 is 15.1 Å². The maximum Gasteiger partial charge on any atom is 0.279 e. The summed E-state index contributed by atoms with van der Waals surface area (Å²) >= 11 is 0. The number of carbonyl (C=O) groups excluding carboxylic acids is 1. The summed E-state index contributed by atoms with van der Waals surface area (Å²) in [6.45, 7) is 3.50. The van der Waals surface area contributed by atoms with Crippen LogP contribution >= 0.6 is 0 Å². The molecule has 0 heterocycles. The molecule has 0 bridgehead atoms. The molecule has 0 saturated carbocycles. The van der Waals surface area contributed by atoms with E-state index in [9.17, 15) is 13.6 Å².